The Labute approximate surface area is 126 Å². The predicted molar refractivity (Wildman–Crippen MR) is 82.5 cm³/mol. The number of rotatable bonds is 5. The van der Waals surface area contributed by atoms with Crippen LogP contribution in [0, 0.1) is 9.39 Å². The highest BCUT2D eigenvalue weighted by molar-refractivity contribution is 14.1. The molecule has 0 amide bonds. The fourth-order valence-corrected chi connectivity index (χ4v) is 2.95. The van der Waals surface area contributed by atoms with E-state index in [9.17, 15) is 4.39 Å². The summed E-state index contributed by atoms with van der Waals surface area (Å²) >= 11 is 2.18. The quantitative estimate of drug-likeness (QED) is 0.815. The number of aryl methyl sites for hydroxylation is 1. The van der Waals surface area contributed by atoms with Crippen LogP contribution in [0.1, 0.15) is 31.1 Å². The zero-order valence-corrected chi connectivity index (χ0v) is 13.2. The summed E-state index contributed by atoms with van der Waals surface area (Å²) in [7, 11) is 0. The zero-order chi connectivity index (χ0) is 13.8. The van der Waals surface area contributed by atoms with Crippen molar-refractivity contribution in [3.05, 3.63) is 51.1 Å². The second-order valence-electron chi connectivity index (χ2n) is 4.23. The van der Waals surface area contributed by atoms with E-state index in [1.54, 1.807) is 12.3 Å². The minimum Gasteiger partial charge on any atom is -0.305 e. The first-order valence-corrected chi connectivity index (χ1v) is 7.45. The van der Waals surface area contributed by atoms with E-state index in [2.05, 4.69) is 46.9 Å². The minimum atomic E-state index is -0.201. The molecule has 1 heterocycles. The smallest absolute Gasteiger partial charge is 0.124 e. The Hall–Kier alpha value is -0.950. The van der Waals surface area contributed by atoms with Crippen LogP contribution >= 0.6 is 22.6 Å². The van der Waals surface area contributed by atoms with Crippen molar-refractivity contribution in [2.24, 2.45) is 0 Å². The first-order chi connectivity index (χ1) is 9.17. The van der Waals surface area contributed by atoms with Crippen LogP contribution in [0.15, 0.2) is 30.5 Å². The average molecular weight is 373 g/mol. The number of aromatic nitrogens is 2. The second-order valence-corrected chi connectivity index (χ2v) is 5.39. The van der Waals surface area contributed by atoms with Crippen molar-refractivity contribution < 1.29 is 4.39 Å². The third-order valence-electron chi connectivity index (χ3n) is 3.03. The van der Waals surface area contributed by atoms with Crippen molar-refractivity contribution in [1.29, 1.82) is 0 Å². The Morgan fingerprint density at radius 1 is 1.37 bits per heavy atom. The standard InChI is InChI=1S/C14H17FIN3/c1-3-17-14(13-7-8-18-19(13)4-2)11-6-5-10(15)9-12(11)16/h5-9,14,17H,3-4H2,1-2H3. The van der Waals surface area contributed by atoms with E-state index in [-0.39, 0.29) is 11.9 Å². The number of hydrogen-bond donors (Lipinski definition) is 1. The molecule has 5 heteroatoms. The molecule has 1 aromatic heterocycles. The molecule has 0 fully saturated rings. The van der Waals surface area contributed by atoms with Gasteiger partial charge in [0.15, 0.2) is 0 Å². The molecular formula is C14H17FIN3. The summed E-state index contributed by atoms with van der Waals surface area (Å²) in [6.07, 6.45) is 1.81. The van der Waals surface area contributed by atoms with E-state index >= 15 is 0 Å². The average Bonchev–Trinajstić information content (AvgIpc) is 2.85. The molecule has 0 saturated heterocycles. The highest BCUT2D eigenvalue weighted by atomic mass is 127. The number of benzene rings is 1. The lowest BCUT2D eigenvalue weighted by molar-refractivity contribution is 0.539. The monoisotopic (exact) mass is 373 g/mol. The van der Waals surface area contributed by atoms with Gasteiger partial charge in [0, 0.05) is 16.3 Å². The Morgan fingerprint density at radius 3 is 2.79 bits per heavy atom. The van der Waals surface area contributed by atoms with Crippen molar-refractivity contribution in [1.82, 2.24) is 15.1 Å². The Balaban J connectivity index is 2.45. The summed E-state index contributed by atoms with van der Waals surface area (Å²) in [4.78, 5) is 0. The Morgan fingerprint density at radius 2 is 2.16 bits per heavy atom. The van der Waals surface area contributed by atoms with E-state index < -0.39 is 0 Å². The van der Waals surface area contributed by atoms with Crippen LogP contribution < -0.4 is 5.32 Å². The van der Waals surface area contributed by atoms with Gasteiger partial charge in [-0.15, -0.1) is 0 Å². The molecule has 3 nitrogen and oxygen atoms in total. The fourth-order valence-electron chi connectivity index (χ4n) is 2.17. The summed E-state index contributed by atoms with van der Waals surface area (Å²) in [6.45, 7) is 5.79. The van der Waals surface area contributed by atoms with Gasteiger partial charge >= 0.3 is 0 Å². The van der Waals surface area contributed by atoms with Gasteiger partial charge in [0.05, 0.1) is 11.7 Å². The molecule has 0 aliphatic rings. The SMILES string of the molecule is CCNC(c1ccc(F)cc1I)c1ccnn1CC. The molecule has 0 radical (unpaired) electrons. The Bertz CT molecular complexity index is 553. The first-order valence-electron chi connectivity index (χ1n) is 6.37. The summed E-state index contributed by atoms with van der Waals surface area (Å²) in [5.41, 5.74) is 2.19. The van der Waals surface area contributed by atoms with E-state index in [0.29, 0.717) is 0 Å². The molecule has 1 aromatic carbocycles. The normalized spacial score (nSPS) is 12.6. The van der Waals surface area contributed by atoms with E-state index in [1.807, 2.05) is 16.8 Å². The van der Waals surface area contributed by atoms with Gasteiger partial charge in [0.2, 0.25) is 0 Å². The van der Waals surface area contributed by atoms with Gasteiger partial charge in [-0.05, 0) is 59.8 Å². The van der Waals surface area contributed by atoms with Gasteiger partial charge in [0.25, 0.3) is 0 Å². The van der Waals surface area contributed by atoms with E-state index in [0.717, 1.165) is 27.9 Å². The third-order valence-corrected chi connectivity index (χ3v) is 3.96. The molecule has 0 aliphatic heterocycles. The van der Waals surface area contributed by atoms with Gasteiger partial charge in [-0.1, -0.05) is 13.0 Å². The molecule has 0 saturated carbocycles. The van der Waals surface area contributed by atoms with E-state index in [1.165, 1.54) is 6.07 Å². The lowest BCUT2D eigenvalue weighted by Crippen LogP contribution is -2.25. The largest absolute Gasteiger partial charge is 0.305 e. The molecule has 2 rings (SSSR count). The summed E-state index contributed by atoms with van der Waals surface area (Å²) in [5, 5.41) is 7.76. The lowest BCUT2D eigenvalue weighted by Gasteiger charge is -2.21. The summed E-state index contributed by atoms with van der Waals surface area (Å²) < 4.78 is 16.1. The van der Waals surface area contributed by atoms with Crippen LogP contribution in [-0.4, -0.2) is 16.3 Å². The second kappa shape index (κ2) is 6.47. The van der Waals surface area contributed by atoms with Crippen molar-refractivity contribution in [2.75, 3.05) is 6.54 Å². The number of hydrogen-bond acceptors (Lipinski definition) is 2. The molecule has 1 unspecified atom stereocenters. The number of halogens is 2. The van der Waals surface area contributed by atoms with Gasteiger partial charge < -0.3 is 5.32 Å². The third kappa shape index (κ3) is 3.14. The zero-order valence-electron chi connectivity index (χ0n) is 11.0. The van der Waals surface area contributed by atoms with Crippen molar-refractivity contribution in [3.8, 4) is 0 Å². The first kappa shape index (κ1) is 14.5. The molecular weight excluding hydrogens is 356 g/mol. The fraction of sp³-hybridized carbons (Fsp3) is 0.357. The van der Waals surface area contributed by atoms with Crippen molar-refractivity contribution >= 4 is 22.6 Å². The molecule has 0 bridgehead atoms. The van der Waals surface area contributed by atoms with Gasteiger partial charge in [-0.3, -0.25) is 4.68 Å². The van der Waals surface area contributed by atoms with Crippen LogP contribution in [0.25, 0.3) is 0 Å². The van der Waals surface area contributed by atoms with Crippen LogP contribution in [-0.2, 0) is 6.54 Å². The highest BCUT2D eigenvalue weighted by Crippen LogP contribution is 2.26. The van der Waals surface area contributed by atoms with E-state index in [4.69, 9.17) is 0 Å². The molecule has 0 aliphatic carbocycles. The topological polar surface area (TPSA) is 29.9 Å². The predicted octanol–water partition coefficient (Wildman–Crippen LogP) is 3.35. The molecule has 19 heavy (non-hydrogen) atoms. The van der Waals surface area contributed by atoms with Crippen LogP contribution in [0.5, 0.6) is 0 Å². The maximum Gasteiger partial charge on any atom is 0.124 e. The van der Waals surface area contributed by atoms with Crippen LogP contribution in [0.3, 0.4) is 0 Å². The van der Waals surface area contributed by atoms with Crippen molar-refractivity contribution in [3.63, 3.8) is 0 Å². The van der Waals surface area contributed by atoms with Crippen LogP contribution in [0.4, 0.5) is 4.39 Å². The molecule has 102 valence electrons. The molecule has 0 spiro atoms. The van der Waals surface area contributed by atoms with Gasteiger partial charge in [0.1, 0.15) is 5.82 Å². The highest BCUT2D eigenvalue weighted by Gasteiger charge is 2.19. The minimum absolute atomic E-state index is 0.0416. The Kier molecular flexibility index (Phi) is 4.93. The molecule has 2 aromatic rings. The van der Waals surface area contributed by atoms with Gasteiger partial charge in [-0.25, -0.2) is 4.39 Å². The maximum atomic E-state index is 13.2. The molecule has 1 atom stereocenters. The maximum absolute atomic E-state index is 13.2. The number of nitrogens with zero attached hydrogens (tertiary/aromatic N) is 2. The van der Waals surface area contributed by atoms with Gasteiger partial charge in [-0.2, -0.15) is 5.10 Å². The van der Waals surface area contributed by atoms with Crippen molar-refractivity contribution in [2.45, 2.75) is 26.4 Å². The summed E-state index contributed by atoms with van der Waals surface area (Å²) in [6, 6.07) is 6.97. The number of nitrogens with one attached hydrogen (secondary N) is 1. The lowest BCUT2D eigenvalue weighted by atomic mass is 10.0. The summed E-state index contributed by atoms with van der Waals surface area (Å²) in [5.74, 6) is -0.201. The van der Waals surface area contributed by atoms with Crippen LogP contribution in [0.2, 0.25) is 0 Å². The molecule has 1 N–H and O–H groups in total.